The molecule has 1 atom stereocenters. The van der Waals surface area contributed by atoms with Crippen molar-refractivity contribution in [3.63, 3.8) is 0 Å². The largest absolute Gasteiger partial charge is 0.497 e. The van der Waals surface area contributed by atoms with Crippen LogP contribution < -0.4 is 14.9 Å². The number of methoxy groups -OCH3 is 1. The first-order chi connectivity index (χ1) is 12.8. The first-order valence-electron chi connectivity index (χ1n) is 8.12. The van der Waals surface area contributed by atoms with Gasteiger partial charge in [-0.1, -0.05) is 11.6 Å². The Bertz CT molecular complexity index is 1070. The molecule has 0 aliphatic rings. The number of carboxylic acids is 1. The van der Waals surface area contributed by atoms with E-state index < -0.39 is 17.5 Å². The molecule has 0 radical (unpaired) electrons. The molecule has 0 fully saturated rings. The number of hydrogen-bond donors (Lipinski definition) is 1. The average Bonchev–Trinajstić information content (AvgIpc) is 2.65. The Morgan fingerprint density at radius 3 is 2.48 bits per heavy atom. The van der Waals surface area contributed by atoms with Crippen LogP contribution in [0, 0.1) is 6.92 Å². The lowest BCUT2D eigenvalue weighted by Gasteiger charge is -2.15. The summed E-state index contributed by atoms with van der Waals surface area (Å²) in [6, 6.07) is 9.97. The van der Waals surface area contributed by atoms with Gasteiger partial charge in [0.15, 0.2) is 11.9 Å². The SMILES string of the molecule is COc1ccc(-c2oc3cc(C)c(Cl)cc3c(=O)c2OC(C)C(=O)O)cc1. The molecular formula is C20H17ClO6. The van der Waals surface area contributed by atoms with Gasteiger partial charge < -0.3 is 19.0 Å². The molecule has 27 heavy (non-hydrogen) atoms. The Morgan fingerprint density at radius 2 is 1.89 bits per heavy atom. The third kappa shape index (κ3) is 3.61. The highest BCUT2D eigenvalue weighted by Gasteiger charge is 2.23. The molecular weight excluding hydrogens is 372 g/mol. The molecule has 140 valence electrons. The third-order valence-electron chi connectivity index (χ3n) is 4.12. The van der Waals surface area contributed by atoms with Crippen LogP contribution in [0.25, 0.3) is 22.3 Å². The highest BCUT2D eigenvalue weighted by atomic mass is 35.5. The molecule has 0 saturated carbocycles. The van der Waals surface area contributed by atoms with Gasteiger partial charge in [-0.15, -0.1) is 0 Å². The van der Waals surface area contributed by atoms with Crippen LogP contribution in [0.3, 0.4) is 0 Å². The summed E-state index contributed by atoms with van der Waals surface area (Å²) in [4.78, 5) is 24.2. The van der Waals surface area contributed by atoms with Gasteiger partial charge in [-0.05, 0) is 55.8 Å². The summed E-state index contributed by atoms with van der Waals surface area (Å²) in [5.74, 6) is -0.601. The van der Waals surface area contributed by atoms with Crippen LogP contribution in [0.5, 0.6) is 11.5 Å². The molecule has 7 heteroatoms. The van der Waals surface area contributed by atoms with E-state index in [4.69, 9.17) is 30.6 Å². The summed E-state index contributed by atoms with van der Waals surface area (Å²) in [5, 5.41) is 9.79. The van der Waals surface area contributed by atoms with Crippen molar-refractivity contribution in [3.8, 4) is 22.8 Å². The minimum atomic E-state index is -1.23. The van der Waals surface area contributed by atoms with Gasteiger partial charge in [0.25, 0.3) is 0 Å². The lowest BCUT2D eigenvalue weighted by Crippen LogP contribution is -2.26. The smallest absolute Gasteiger partial charge is 0.344 e. The van der Waals surface area contributed by atoms with E-state index in [2.05, 4.69) is 0 Å². The molecule has 1 heterocycles. The van der Waals surface area contributed by atoms with Gasteiger partial charge >= 0.3 is 5.97 Å². The number of rotatable bonds is 5. The number of ether oxygens (including phenoxy) is 2. The van der Waals surface area contributed by atoms with E-state index in [0.717, 1.165) is 5.56 Å². The zero-order valence-electron chi connectivity index (χ0n) is 14.9. The molecule has 6 nitrogen and oxygen atoms in total. The van der Waals surface area contributed by atoms with Gasteiger partial charge in [-0.25, -0.2) is 4.79 Å². The molecule has 0 aliphatic carbocycles. The molecule has 1 aromatic heterocycles. The maximum atomic E-state index is 13.0. The minimum Gasteiger partial charge on any atom is -0.497 e. The topological polar surface area (TPSA) is 86.0 Å². The van der Waals surface area contributed by atoms with E-state index in [1.165, 1.54) is 13.0 Å². The van der Waals surface area contributed by atoms with Crippen LogP contribution in [-0.2, 0) is 4.79 Å². The van der Waals surface area contributed by atoms with Crippen molar-refractivity contribution in [2.45, 2.75) is 20.0 Å². The van der Waals surface area contributed by atoms with E-state index in [0.29, 0.717) is 21.9 Å². The monoisotopic (exact) mass is 388 g/mol. The van der Waals surface area contributed by atoms with Crippen LogP contribution >= 0.6 is 11.6 Å². The predicted octanol–water partition coefficient (Wildman–Crippen LogP) is 4.28. The van der Waals surface area contributed by atoms with E-state index in [9.17, 15) is 9.59 Å². The molecule has 0 bridgehead atoms. The summed E-state index contributed by atoms with van der Waals surface area (Å²) >= 11 is 6.13. The molecule has 1 unspecified atom stereocenters. The molecule has 2 aromatic carbocycles. The number of carbonyl (C=O) groups is 1. The van der Waals surface area contributed by atoms with Gasteiger partial charge in [0.05, 0.1) is 12.5 Å². The molecule has 0 aliphatic heterocycles. The number of fused-ring (bicyclic) bond motifs is 1. The number of aryl methyl sites for hydroxylation is 1. The predicted molar refractivity (Wildman–Crippen MR) is 102 cm³/mol. The van der Waals surface area contributed by atoms with E-state index >= 15 is 0 Å². The zero-order valence-corrected chi connectivity index (χ0v) is 15.7. The summed E-state index contributed by atoms with van der Waals surface area (Å²) < 4.78 is 16.5. The van der Waals surface area contributed by atoms with E-state index in [1.807, 2.05) is 0 Å². The highest BCUT2D eigenvalue weighted by Crippen LogP contribution is 2.34. The second-order valence-corrected chi connectivity index (χ2v) is 6.42. The van der Waals surface area contributed by atoms with Crippen molar-refractivity contribution in [2.75, 3.05) is 7.11 Å². The summed E-state index contributed by atoms with van der Waals surface area (Å²) in [6.07, 6.45) is -1.23. The zero-order chi connectivity index (χ0) is 19.7. The number of carboxylic acid groups (broad SMARTS) is 1. The van der Waals surface area contributed by atoms with Crippen molar-refractivity contribution in [3.05, 3.63) is 57.2 Å². The van der Waals surface area contributed by atoms with Gasteiger partial charge in [-0.2, -0.15) is 0 Å². The van der Waals surface area contributed by atoms with E-state index in [-0.39, 0.29) is 16.9 Å². The van der Waals surface area contributed by atoms with Gasteiger partial charge in [-0.3, -0.25) is 4.79 Å². The van der Waals surface area contributed by atoms with Crippen LogP contribution in [0.1, 0.15) is 12.5 Å². The fourth-order valence-electron chi connectivity index (χ4n) is 2.57. The first-order valence-corrected chi connectivity index (χ1v) is 8.50. The highest BCUT2D eigenvalue weighted by molar-refractivity contribution is 6.32. The molecule has 0 amide bonds. The van der Waals surface area contributed by atoms with Crippen LogP contribution in [-0.4, -0.2) is 24.3 Å². The van der Waals surface area contributed by atoms with Crippen molar-refractivity contribution in [1.82, 2.24) is 0 Å². The lowest BCUT2D eigenvalue weighted by molar-refractivity contribution is -0.144. The third-order valence-corrected chi connectivity index (χ3v) is 4.53. The Kier molecular flexibility index (Phi) is 5.10. The van der Waals surface area contributed by atoms with Gasteiger partial charge in [0.1, 0.15) is 11.3 Å². The van der Waals surface area contributed by atoms with Crippen molar-refractivity contribution >= 4 is 28.5 Å². The van der Waals surface area contributed by atoms with Gasteiger partial charge in [0.2, 0.25) is 11.2 Å². The number of aliphatic carboxylic acids is 1. The fourth-order valence-corrected chi connectivity index (χ4v) is 2.73. The first kappa shape index (κ1) is 18.8. The lowest BCUT2D eigenvalue weighted by atomic mass is 10.1. The maximum Gasteiger partial charge on any atom is 0.344 e. The molecule has 3 aromatic rings. The Morgan fingerprint density at radius 1 is 1.22 bits per heavy atom. The van der Waals surface area contributed by atoms with Crippen molar-refractivity contribution in [1.29, 1.82) is 0 Å². The summed E-state index contributed by atoms with van der Waals surface area (Å²) in [5.41, 5.74) is 1.15. The second-order valence-electron chi connectivity index (χ2n) is 6.01. The molecule has 3 rings (SSSR count). The van der Waals surface area contributed by atoms with Gasteiger partial charge in [0, 0.05) is 10.6 Å². The second kappa shape index (κ2) is 7.32. The standard InChI is InChI=1S/C20H17ClO6/c1-10-8-16-14(9-15(10)21)17(22)19(26-11(2)20(23)24)18(27-16)12-4-6-13(25-3)7-5-12/h4-9,11H,1-3H3,(H,23,24). The quantitative estimate of drug-likeness (QED) is 0.702. The Hall–Kier alpha value is -2.99. The van der Waals surface area contributed by atoms with Crippen LogP contribution in [0.2, 0.25) is 5.02 Å². The van der Waals surface area contributed by atoms with Crippen LogP contribution in [0.4, 0.5) is 0 Å². The van der Waals surface area contributed by atoms with Crippen molar-refractivity contribution in [2.24, 2.45) is 0 Å². The van der Waals surface area contributed by atoms with Crippen molar-refractivity contribution < 1.29 is 23.8 Å². The average molecular weight is 389 g/mol. The summed E-state index contributed by atoms with van der Waals surface area (Å²) in [7, 11) is 1.54. The van der Waals surface area contributed by atoms with Crippen LogP contribution in [0.15, 0.2) is 45.6 Å². The molecule has 0 spiro atoms. The normalized spacial score (nSPS) is 12.0. The Labute approximate surface area is 159 Å². The Balaban J connectivity index is 2.29. The summed E-state index contributed by atoms with van der Waals surface area (Å²) in [6.45, 7) is 3.14. The fraction of sp³-hybridized carbons (Fsp3) is 0.200. The number of halogens is 1. The minimum absolute atomic E-state index is 0.143. The molecule has 0 saturated heterocycles. The maximum absolute atomic E-state index is 13.0. The number of benzene rings is 2. The van der Waals surface area contributed by atoms with E-state index in [1.54, 1.807) is 44.4 Å². The number of hydrogen-bond acceptors (Lipinski definition) is 5. The molecule has 1 N–H and O–H groups in total.